The lowest BCUT2D eigenvalue weighted by Crippen LogP contribution is -2.29. The molecule has 1 N–H and O–H groups in total. The molecule has 0 aliphatic carbocycles. The summed E-state index contributed by atoms with van der Waals surface area (Å²) >= 11 is 0. The van der Waals surface area contributed by atoms with Crippen LogP contribution in [0.2, 0.25) is 0 Å². The molecule has 0 saturated carbocycles. The third-order valence-electron chi connectivity index (χ3n) is 3.61. The Balaban J connectivity index is 2.34. The van der Waals surface area contributed by atoms with E-state index in [2.05, 4.69) is 14.9 Å². The number of halogens is 4. The van der Waals surface area contributed by atoms with Gasteiger partial charge in [-0.05, 0) is 39.0 Å². The lowest BCUT2D eigenvalue weighted by molar-refractivity contribution is -0.140. The Morgan fingerprint density at radius 3 is 2.48 bits per heavy atom. The maximum absolute atomic E-state index is 13.4. The number of nitrogens with one attached hydrogen (secondary N) is 1. The maximum atomic E-state index is 13.4. The number of ether oxygens (including phenoxy) is 1. The lowest BCUT2D eigenvalue weighted by Gasteiger charge is -2.16. The van der Waals surface area contributed by atoms with Crippen LogP contribution in [-0.4, -0.2) is 29.8 Å². The number of nitrogens with zero attached hydrogens (tertiary/aromatic N) is 3. The first kappa shape index (κ1) is 21.1. The number of sulfonamides is 1. The van der Waals surface area contributed by atoms with Gasteiger partial charge in [-0.2, -0.15) is 13.2 Å². The molecular formula is C15H18F4N4O3S. The van der Waals surface area contributed by atoms with Crippen molar-refractivity contribution in [1.29, 1.82) is 0 Å². The van der Waals surface area contributed by atoms with E-state index in [1.807, 2.05) is 0 Å². The normalized spacial score (nSPS) is 13.6. The van der Waals surface area contributed by atoms with Crippen LogP contribution in [0.3, 0.4) is 0 Å². The van der Waals surface area contributed by atoms with Crippen LogP contribution in [0.1, 0.15) is 38.2 Å². The van der Waals surface area contributed by atoms with E-state index in [1.165, 1.54) is 11.5 Å². The average molecular weight is 410 g/mol. The van der Waals surface area contributed by atoms with Gasteiger partial charge in [0.1, 0.15) is 5.82 Å². The van der Waals surface area contributed by atoms with E-state index in [-0.39, 0.29) is 17.9 Å². The van der Waals surface area contributed by atoms with Crippen LogP contribution in [0.15, 0.2) is 23.1 Å². The highest BCUT2D eigenvalue weighted by Gasteiger charge is 2.35. The summed E-state index contributed by atoms with van der Waals surface area (Å²) in [5, 5.41) is 7.69. The minimum atomic E-state index is -5.02. The summed E-state index contributed by atoms with van der Waals surface area (Å²) in [6, 6.07) is 0.749. The third kappa shape index (κ3) is 4.56. The van der Waals surface area contributed by atoms with Crippen molar-refractivity contribution < 1.29 is 30.7 Å². The zero-order valence-electron chi connectivity index (χ0n) is 14.7. The molecule has 1 heterocycles. The molecule has 0 bridgehead atoms. The quantitative estimate of drug-likeness (QED) is 0.710. The van der Waals surface area contributed by atoms with E-state index < -0.39 is 38.5 Å². The molecule has 0 aliphatic rings. The van der Waals surface area contributed by atoms with E-state index in [0.717, 1.165) is 6.07 Å². The summed E-state index contributed by atoms with van der Waals surface area (Å²) in [6.45, 7) is 5.68. The van der Waals surface area contributed by atoms with Crippen LogP contribution in [0, 0.1) is 5.82 Å². The third-order valence-corrected chi connectivity index (χ3v) is 5.15. The molecule has 7 nitrogen and oxygen atoms in total. The minimum Gasteiger partial charge on any atom is -0.464 e. The monoisotopic (exact) mass is 410 g/mol. The summed E-state index contributed by atoms with van der Waals surface area (Å²) in [5.41, 5.74) is -1.66. The van der Waals surface area contributed by atoms with Gasteiger partial charge >= 0.3 is 12.2 Å². The molecule has 27 heavy (non-hydrogen) atoms. The van der Waals surface area contributed by atoms with E-state index >= 15 is 0 Å². The summed E-state index contributed by atoms with van der Waals surface area (Å²) < 4.78 is 85.8. The molecule has 0 amide bonds. The molecule has 0 saturated heterocycles. The van der Waals surface area contributed by atoms with Gasteiger partial charge in [0, 0.05) is 6.54 Å². The highest BCUT2D eigenvalue weighted by atomic mass is 32.2. The average Bonchev–Trinajstić information content (AvgIpc) is 2.96. The van der Waals surface area contributed by atoms with Crippen molar-refractivity contribution in [3.05, 3.63) is 35.4 Å². The first-order valence-electron chi connectivity index (χ1n) is 7.96. The Bertz CT molecular complexity index is 912. The van der Waals surface area contributed by atoms with Gasteiger partial charge < -0.3 is 4.74 Å². The van der Waals surface area contributed by atoms with E-state index in [9.17, 15) is 26.0 Å². The molecule has 0 fully saturated rings. The van der Waals surface area contributed by atoms with Gasteiger partial charge in [-0.3, -0.25) is 4.57 Å². The van der Waals surface area contributed by atoms with Crippen molar-refractivity contribution >= 4 is 10.0 Å². The van der Waals surface area contributed by atoms with Crippen LogP contribution in [-0.2, 0) is 22.7 Å². The molecule has 2 aromatic rings. The number of aromatic nitrogens is 3. The molecule has 1 aromatic carbocycles. The zero-order valence-corrected chi connectivity index (χ0v) is 15.5. The van der Waals surface area contributed by atoms with Crippen molar-refractivity contribution in [1.82, 2.24) is 19.5 Å². The second-order valence-corrected chi connectivity index (χ2v) is 7.21. The van der Waals surface area contributed by atoms with Crippen LogP contribution >= 0.6 is 0 Å². The molecule has 0 unspecified atom stereocenters. The summed E-state index contributed by atoms with van der Waals surface area (Å²) in [4.78, 5) is -0.712. The summed E-state index contributed by atoms with van der Waals surface area (Å²) in [5.74, 6) is -1.33. The summed E-state index contributed by atoms with van der Waals surface area (Å²) in [7, 11) is -4.37. The predicted octanol–water partition coefficient (Wildman–Crippen LogP) is 2.89. The molecule has 1 aromatic heterocycles. The molecular weight excluding hydrogens is 392 g/mol. The molecule has 0 spiro atoms. The second kappa shape index (κ2) is 7.80. The number of hydrogen-bond donors (Lipinski definition) is 1. The van der Waals surface area contributed by atoms with Crippen LogP contribution in [0.4, 0.5) is 17.6 Å². The molecule has 150 valence electrons. The van der Waals surface area contributed by atoms with Crippen LogP contribution < -0.4 is 9.46 Å². The maximum Gasteiger partial charge on any atom is 0.419 e. The van der Waals surface area contributed by atoms with E-state index in [1.54, 1.807) is 13.8 Å². The number of rotatable bonds is 7. The predicted molar refractivity (Wildman–Crippen MR) is 87.0 cm³/mol. The molecule has 2 rings (SSSR count). The van der Waals surface area contributed by atoms with Crippen LogP contribution in [0.5, 0.6) is 6.01 Å². The van der Waals surface area contributed by atoms with Gasteiger partial charge in [0.2, 0.25) is 10.0 Å². The largest absolute Gasteiger partial charge is 0.464 e. The Hall–Kier alpha value is -2.21. The first-order valence-corrected chi connectivity index (χ1v) is 9.44. The fraction of sp³-hybridized carbons (Fsp3) is 0.467. The Morgan fingerprint density at radius 2 is 1.93 bits per heavy atom. The zero-order chi connectivity index (χ0) is 20.4. The summed E-state index contributed by atoms with van der Waals surface area (Å²) in [6.07, 6.45) is -5.02. The minimum absolute atomic E-state index is 0.196. The van der Waals surface area contributed by atoms with Gasteiger partial charge in [0.15, 0.2) is 5.82 Å². The molecule has 0 aliphatic heterocycles. The molecule has 1 atom stereocenters. The van der Waals surface area contributed by atoms with Crippen molar-refractivity contribution in [3.63, 3.8) is 0 Å². The fourth-order valence-corrected chi connectivity index (χ4v) is 3.62. The van der Waals surface area contributed by atoms with Crippen molar-refractivity contribution in [2.24, 2.45) is 0 Å². The van der Waals surface area contributed by atoms with E-state index in [4.69, 9.17) is 4.74 Å². The number of hydrogen-bond acceptors (Lipinski definition) is 5. The highest BCUT2D eigenvalue weighted by Crippen LogP contribution is 2.33. The first-order chi connectivity index (χ1) is 12.5. The molecule has 12 heteroatoms. The SMILES string of the molecule is CCOc1nnc([C@@H](C)NS(=O)(=O)c2ccc(F)c(C(F)(F)F)c2)n1CC. The van der Waals surface area contributed by atoms with Crippen molar-refractivity contribution in [3.8, 4) is 6.01 Å². The Kier molecular flexibility index (Phi) is 6.10. The molecule has 0 radical (unpaired) electrons. The smallest absolute Gasteiger partial charge is 0.419 e. The number of benzene rings is 1. The fourth-order valence-electron chi connectivity index (χ4n) is 2.40. The Morgan fingerprint density at radius 1 is 1.26 bits per heavy atom. The Labute approximate surface area is 153 Å². The van der Waals surface area contributed by atoms with Gasteiger partial charge in [-0.15, -0.1) is 5.10 Å². The standard InChI is InChI=1S/C15H18F4N4O3S/c1-4-23-13(20-21-14(23)26-5-2)9(3)22-27(24,25)10-6-7-12(16)11(8-10)15(17,18)19/h6-9,22H,4-5H2,1-3H3/t9-/m1/s1. The highest BCUT2D eigenvalue weighted by molar-refractivity contribution is 7.89. The van der Waals surface area contributed by atoms with Gasteiger partial charge in [0.25, 0.3) is 0 Å². The van der Waals surface area contributed by atoms with E-state index in [0.29, 0.717) is 19.2 Å². The van der Waals surface area contributed by atoms with Gasteiger partial charge in [-0.1, -0.05) is 5.10 Å². The van der Waals surface area contributed by atoms with Crippen molar-refractivity contribution in [2.45, 2.75) is 44.4 Å². The van der Waals surface area contributed by atoms with Gasteiger partial charge in [0.05, 0.1) is 23.1 Å². The number of alkyl halides is 3. The lowest BCUT2D eigenvalue weighted by atomic mass is 10.2. The van der Waals surface area contributed by atoms with Crippen LogP contribution in [0.25, 0.3) is 0 Å². The second-order valence-electron chi connectivity index (χ2n) is 5.50. The topological polar surface area (TPSA) is 86.1 Å². The van der Waals surface area contributed by atoms with Gasteiger partial charge in [-0.25, -0.2) is 17.5 Å². The van der Waals surface area contributed by atoms with Crippen molar-refractivity contribution in [2.75, 3.05) is 6.61 Å².